The van der Waals surface area contributed by atoms with Crippen molar-refractivity contribution in [3.05, 3.63) is 72.0 Å². The van der Waals surface area contributed by atoms with E-state index in [0.717, 1.165) is 16.6 Å². The van der Waals surface area contributed by atoms with Gasteiger partial charge in [0.25, 0.3) is 0 Å². The first-order valence-corrected chi connectivity index (χ1v) is 13.9. The smallest absolute Gasteiger partial charge is 0.211 e. The van der Waals surface area contributed by atoms with Crippen LogP contribution in [-0.4, -0.2) is 58.1 Å². The fourth-order valence-corrected chi connectivity index (χ4v) is 5.18. The van der Waals surface area contributed by atoms with E-state index >= 15 is 0 Å². The third-order valence-electron chi connectivity index (χ3n) is 5.97. The molecule has 2 aromatic carbocycles. The minimum Gasteiger partial charge on any atom is -0.490 e. The van der Waals surface area contributed by atoms with Crippen LogP contribution < -0.4 is 14.8 Å². The first-order valence-electron chi connectivity index (χ1n) is 11.7. The maximum atomic E-state index is 11.8. The molecule has 1 fully saturated rings. The molecule has 0 spiro atoms. The lowest BCUT2D eigenvalue weighted by molar-refractivity contribution is 0.135. The lowest BCUT2D eigenvalue weighted by atomic mass is 10.1. The average molecular weight is 541 g/mol. The van der Waals surface area contributed by atoms with E-state index in [1.54, 1.807) is 30.7 Å². The molecule has 37 heavy (non-hydrogen) atoms. The second kappa shape index (κ2) is 10.8. The maximum Gasteiger partial charge on any atom is 0.211 e. The van der Waals surface area contributed by atoms with Gasteiger partial charge in [-0.3, -0.25) is 9.97 Å². The molecule has 5 rings (SSSR count). The van der Waals surface area contributed by atoms with Gasteiger partial charge in [0, 0.05) is 36.6 Å². The van der Waals surface area contributed by atoms with E-state index in [-0.39, 0.29) is 12.7 Å². The number of nitrogens with zero attached hydrogens (tertiary/aromatic N) is 5. The van der Waals surface area contributed by atoms with Crippen LogP contribution in [0, 0.1) is 0 Å². The summed E-state index contributed by atoms with van der Waals surface area (Å²) in [6, 6.07) is 11.0. The van der Waals surface area contributed by atoms with Crippen LogP contribution >= 0.6 is 11.6 Å². The Morgan fingerprint density at radius 3 is 2.65 bits per heavy atom. The van der Waals surface area contributed by atoms with Crippen LogP contribution in [0.5, 0.6) is 11.5 Å². The summed E-state index contributed by atoms with van der Waals surface area (Å²) in [6.07, 6.45) is 8.78. The highest BCUT2D eigenvalue weighted by atomic mass is 35.5. The second-order valence-corrected chi connectivity index (χ2v) is 11.0. The number of piperidine rings is 1. The number of anilines is 2. The van der Waals surface area contributed by atoms with Gasteiger partial charge >= 0.3 is 0 Å². The number of hydrogen-bond acceptors (Lipinski definition) is 9. The number of ether oxygens (including phenoxy) is 2. The summed E-state index contributed by atoms with van der Waals surface area (Å²) < 4.78 is 37.0. The van der Waals surface area contributed by atoms with Crippen molar-refractivity contribution >= 4 is 44.0 Å². The number of hydrogen-bond donors (Lipinski definition) is 1. The molecule has 0 saturated carbocycles. The summed E-state index contributed by atoms with van der Waals surface area (Å²) in [6.45, 7) is 1.16. The monoisotopic (exact) mass is 540 g/mol. The van der Waals surface area contributed by atoms with Crippen molar-refractivity contribution in [2.45, 2.75) is 25.6 Å². The summed E-state index contributed by atoms with van der Waals surface area (Å²) in [4.78, 5) is 17.0. The first kappa shape index (κ1) is 25.1. The fraction of sp³-hybridized carbons (Fsp3) is 0.280. The number of benzene rings is 2. The molecule has 0 aliphatic carbocycles. The molecule has 10 nitrogen and oxygen atoms in total. The van der Waals surface area contributed by atoms with Crippen molar-refractivity contribution in [1.82, 2.24) is 24.2 Å². The van der Waals surface area contributed by atoms with Gasteiger partial charge in [-0.2, -0.15) is 0 Å². The minimum absolute atomic E-state index is 0.0651. The molecule has 12 heteroatoms. The predicted molar refractivity (Wildman–Crippen MR) is 141 cm³/mol. The standard InChI is InChI=1S/C25H25ClN6O4S/c1-37(33,34)32-10-6-19(7-11-32)36-20-3-4-23-21(13-20)25(30-16-29-23)31-17-2-5-24(22(26)12-17)35-15-18-14-27-8-9-28-18/h2-5,8-9,12-14,16,19H,6-7,10-11,15H2,1H3,(H,29,30,31). The van der Waals surface area contributed by atoms with Crippen molar-refractivity contribution < 1.29 is 17.9 Å². The molecule has 1 saturated heterocycles. The topological polar surface area (TPSA) is 119 Å². The Morgan fingerprint density at radius 2 is 1.92 bits per heavy atom. The zero-order valence-electron chi connectivity index (χ0n) is 20.0. The van der Waals surface area contributed by atoms with Gasteiger partial charge in [0.1, 0.15) is 36.4 Å². The SMILES string of the molecule is CS(=O)(=O)N1CCC(Oc2ccc3ncnc(Nc4ccc(OCc5cnccn5)c(Cl)c4)c3c2)CC1. The number of nitrogens with one attached hydrogen (secondary N) is 1. The third-order valence-corrected chi connectivity index (χ3v) is 7.56. The van der Waals surface area contributed by atoms with Crippen molar-refractivity contribution in [3.8, 4) is 11.5 Å². The van der Waals surface area contributed by atoms with Gasteiger partial charge in [0.2, 0.25) is 10.0 Å². The molecule has 1 aliphatic heterocycles. The van der Waals surface area contributed by atoms with Crippen LogP contribution in [0.15, 0.2) is 61.3 Å². The third kappa shape index (κ3) is 6.24. The van der Waals surface area contributed by atoms with Crippen molar-refractivity contribution in [3.63, 3.8) is 0 Å². The lowest BCUT2D eigenvalue weighted by Gasteiger charge is -2.30. The molecule has 3 heterocycles. The summed E-state index contributed by atoms with van der Waals surface area (Å²) in [5.74, 6) is 1.81. The van der Waals surface area contributed by atoms with E-state index in [0.29, 0.717) is 54.0 Å². The molecule has 0 amide bonds. The lowest BCUT2D eigenvalue weighted by Crippen LogP contribution is -2.41. The van der Waals surface area contributed by atoms with Gasteiger partial charge in [-0.05, 0) is 49.2 Å². The van der Waals surface area contributed by atoms with Crippen LogP contribution in [0.25, 0.3) is 10.9 Å². The predicted octanol–water partition coefficient (Wildman–Crippen LogP) is 4.20. The largest absolute Gasteiger partial charge is 0.490 e. The second-order valence-electron chi connectivity index (χ2n) is 8.64. The molecular weight excluding hydrogens is 516 g/mol. The van der Waals surface area contributed by atoms with E-state index in [1.165, 1.54) is 16.9 Å². The number of sulfonamides is 1. The Balaban J connectivity index is 1.28. The summed E-state index contributed by atoms with van der Waals surface area (Å²) in [5.41, 5.74) is 2.19. The highest BCUT2D eigenvalue weighted by Crippen LogP contribution is 2.32. The Hall–Kier alpha value is -3.54. The van der Waals surface area contributed by atoms with Crippen LogP contribution in [0.3, 0.4) is 0 Å². The molecule has 4 aromatic rings. The van der Waals surface area contributed by atoms with Crippen LogP contribution in [-0.2, 0) is 16.6 Å². The van der Waals surface area contributed by atoms with E-state index in [4.69, 9.17) is 21.1 Å². The van der Waals surface area contributed by atoms with E-state index in [2.05, 4.69) is 25.3 Å². The van der Waals surface area contributed by atoms with E-state index in [1.807, 2.05) is 24.3 Å². The number of rotatable bonds is 8. The number of halogens is 1. The molecule has 1 aliphatic rings. The molecule has 0 unspecified atom stereocenters. The van der Waals surface area contributed by atoms with Gasteiger partial charge in [-0.15, -0.1) is 0 Å². The molecular formula is C25H25ClN6O4S. The number of aromatic nitrogens is 4. The highest BCUT2D eigenvalue weighted by molar-refractivity contribution is 7.88. The van der Waals surface area contributed by atoms with Crippen molar-refractivity contribution in [2.75, 3.05) is 24.7 Å². The van der Waals surface area contributed by atoms with Crippen molar-refractivity contribution in [1.29, 1.82) is 0 Å². The molecule has 0 bridgehead atoms. The zero-order valence-corrected chi connectivity index (χ0v) is 21.6. The van der Waals surface area contributed by atoms with Gasteiger partial charge < -0.3 is 14.8 Å². The average Bonchev–Trinajstić information content (AvgIpc) is 2.89. The summed E-state index contributed by atoms with van der Waals surface area (Å²) in [5, 5.41) is 4.53. The maximum absolute atomic E-state index is 11.8. The van der Waals surface area contributed by atoms with Crippen molar-refractivity contribution in [2.24, 2.45) is 0 Å². The highest BCUT2D eigenvalue weighted by Gasteiger charge is 2.26. The number of fused-ring (bicyclic) bond motifs is 1. The molecule has 1 N–H and O–H groups in total. The zero-order chi connectivity index (χ0) is 25.8. The van der Waals surface area contributed by atoms with Crippen LogP contribution in [0.2, 0.25) is 5.02 Å². The molecule has 192 valence electrons. The summed E-state index contributed by atoms with van der Waals surface area (Å²) >= 11 is 6.46. The Bertz CT molecular complexity index is 1500. The van der Waals surface area contributed by atoms with Gasteiger partial charge in [-0.1, -0.05) is 11.6 Å². The van der Waals surface area contributed by atoms with E-state index < -0.39 is 10.0 Å². The molecule has 0 radical (unpaired) electrons. The van der Waals surface area contributed by atoms with E-state index in [9.17, 15) is 8.42 Å². The van der Waals surface area contributed by atoms with Crippen LogP contribution in [0.4, 0.5) is 11.5 Å². The normalized spacial score (nSPS) is 15.0. The molecule has 0 atom stereocenters. The quantitative estimate of drug-likeness (QED) is 0.350. The fourth-order valence-electron chi connectivity index (χ4n) is 4.07. The van der Waals surface area contributed by atoms with Gasteiger partial charge in [0.05, 0.1) is 28.7 Å². The van der Waals surface area contributed by atoms with Gasteiger partial charge in [-0.25, -0.2) is 22.7 Å². The van der Waals surface area contributed by atoms with Crippen LogP contribution in [0.1, 0.15) is 18.5 Å². The Labute approximate surface area is 219 Å². The summed E-state index contributed by atoms with van der Waals surface area (Å²) in [7, 11) is -3.18. The molecule has 2 aromatic heterocycles. The Morgan fingerprint density at radius 1 is 1.08 bits per heavy atom. The first-order chi connectivity index (χ1) is 17.8. The van der Waals surface area contributed by atoms with Gasteiger partial charge in [0.15, 0.2) is 0 Å². The minimum atomic E-state index is -3.18. The Kier molecular flexibility index (Phi) is 7.36.